The lowest BCUT2D eigenvalue weighted by Crippen LogP contribution is -2.54. The Morgan fingerprint density at radius 3 is 2.40 bits per heavy atom. The van der Waals surface area contributed by atoms with Crippen LogP contribution in [-0.2, 0) is 0 Å². The lowest BCUT2D eigenvalue weighted by atomic mass is 9.75. The number of carbonyl (C=O) groups excluding carboxylic acids is 1. The average Bonchev–Trinajstić information content (AvgIpc) is 2.43. The van der Waals surface area contributed by atoms with Crippen molar-refractivity contribution in [3.8, 4) is 0 Å². The standard InChI is InChI=1S/C16H25N3O/c1-4-16(10-5-11-16)19-15(20)18-14-8-6-13(7-9-14)12(2)17-3/h6-9,12,17H,4-5,10-11H2,1-3H3,(H2,18,19,20). The minimum atomic E-state index is -0.0963. The first-order valence-electron chi connectivity index (χ1n) is 7.45. The van der Waals surface area contributed by atoms with Gasteiger partial charge in [-0.25, -0.2) is 4.79 Å². The molecular formula is C16H25N3O. The van der Waals surface area contributed by atoms with Crippen molar-refractivity contribution in [2.24, 2.45) is 0 Å². The van der Waals surface area contributed by atoms with Crippen LogP contribution >= 0.6 is 0 Å². The Hall–Kier alpha value is -1.55. The van der Waals surface area contributed by atoms with Gasteiger partial charge in [0, 0.05) is 17.3 Å². The lowest BCUT2D eigenvalue weighted by Gasteiger charge is -2.41. The van der Waals surface area contributed by atoms with Crippen LogP contribution in [0.15, 0.2) is 24.3 Å². The molecule has 1 atom stereocenters. The molecule has 1 unspecified atom stereocenters. The second-order valence-electron chi connectivity index (χ2n) is 5.70. The first-order valence-corrected chi connectivity index (χ1v) is 7.45. The maximum Gasteiger partial charge on any atom is 0.319 e. The predicted molar refractivity (Wildman–Crippen MR) is 82.9 cm³/mol. The van der Waals surface area contributed by atoms with Gasteiger partial charge < -0.3 is 16.0 Å². The van der Waals surface area contributed by atoms with E-state index in [0.717, 1.165) is 24.9 Å². The summed E-state index contributed by atoms with van der Waals surface area (Å²) >= 11 is 0. The van der Waals surface area contributed by atoms with E-state index in [1.165, 1.54) is 12.0 Å². The van der Waals surface area contributed by atoms with Crippen LogP contribution in [0, 0.1) is 0 Å². The smallest absolute Gasteiger partial charge is 0.319 e. The molecule has 1 aromatic rings. The number of urea groups is 1. The maximum atomic E-state index is 12.0. The molecule has 4 nitrogen and oxygen atoms in total. The Bertz CT molecular complexity index is 446. The summed E-state index contributed by atoms with van der Waals surface area (Å²) in [5.41, 5.74) is 2.08. The second-order valence-corrected chi connectivity index (χ2v) is 5.70. The van der Waals surface area contributed by atoms with E-state index in [9.17, 15) is 4.79 Å². The maximum absolute atomic E-state index is 12.0. The molecule has 0 bridgehead atoms. The molecule has 3 N–H and O–H groups in total. The zero-order valence-electron chi connectivity index (χ0n) is 12.6. The molecule has 1 aliphatic carbocycles. The number of rotatable bonds is 5. The lowest BCUT2D eigenvalue weighted by molar-refractivity contribution is 0.179. The summed E-state index contributed by atoms with van der Waals surface area (Å²) in [6, 6.07) is 8.19. The van der Waals surface area contributed by atoms with Gasteiger partial charge in [-0.15, -0.1) is 0 Å². The highest BCUT2D eigenvalue weighted by Crippen LogP contribution is 2.34. The summed E-state index contributed by atoms with van der Waals surface area (Å²) in [4.78, 5) is 12.0. The van der Waals surface area contributed by atoms with Crippen molar-refractivity contribution in [1.29, 1.82) is 0 Å². The molecule has 1 aromatic carbocycles. The second kappa shape index (κ2) is 6.27. The summed E-state index contributed by atoms with van der Waals surface area (Å²) in [7, 11) is 1.94. The van der Waals surface area contributed by atoms with Crippen molar-refractivity contribution in [1.82, 2.24) is 10.6 Å². The van der Waals surface area contributed by atoms with E-state index in [1.807, 2.05) is 31.3 Å². The van der Waals surface area contributed by atoms with Crippen molar-refractivity contribution >= 4 is 11.7 Å². The van der Waals surface area contributed by atoms with E-state index in [-0.39, 0.29) is 11.6 Å². The Morgan fingerprint density at radius 2 is 1.95 bits per heavy atom. The zero-order chi connectivity index (χ0) is 14.6. The molecule has 0 aliphatic heterocycles. The molecule has 2 amide bonds. The number of hydrogen-bond acceptors (Lipinski definition) is 2. The van der Waals surface area contributed by atoms with Crippen molar-refractivity contribution in [3.05, 3.63) is 29.8 Å². The highest BCUT2D eigenvalue weighted by Gasteiger charge is 2.36. The molecule has 2 rings (SSSR count). The van der Waals surface area contributed by atoms with Crippen LogP contribution in [0.5, 0.6) is 0 Å². The van der Waals surface area contributed by atoms with Crippen LogP contribution in [0.4, 0.5) is 10.5 Å². The van der Waals surface area contributed by atoms with Crippen LogP contribution in [-0.4, -0.2) is 18.6 Å². The summed E-state index contributed by atoms with van der Waals surface area (Å²) in [5, 5.41) is 9.22. The van der Waals surface area contributed by atoms with Crippen LogP contribution in [0.3, 0.4) is 0 Å². The first-order chi connectivity index (χ1) is 9.58. The van der Waals surface area contributed by atoms with Gasteiger partial charge in [0.1, 0.15) is 0 Å². The number of benzene rings is 1. The SMILES string of the molecule is CCC1(NC(=O)Nc2ccc(C(C)NC)cc2)CCC1. The summed E-state index contributed by atoms with van der Waals surface area (Å²) < 4.78 is 0. The highest BCUT2D eigenvalue weighted by molar-refractivity contribution is 5.89. The predicted octanol–water partition coefficient (Wildman–Crippen LogP) is 3.42. The van der Waals surface area contributed by atoms with Crippen molar-refractivity contribution in [2.45, 2.75) is 51.1 Å². The summed E-state index contributed by atoms with van der Waals surface area (Å²) in [6.45, 7) is 4.24. The van der Waals surface area contributed by atoms with Gasteiger partial charge in [-0.1, -0.05) is 19.1 Å². The fraction of sp³-hybridized carbons (Fsp3) is 0.562. The van der Waals surface area contributed by atoms with E-state index >= 15 is 0 Å². The van der Waals surface area contributed by atoms with E-state index < -0.39 is 0 Å². The van der Waals surface area contributed by atoms with Gasteiger partial charge in [0.25, 0.3) is 0 Å². The molecule has 0 heterocycles. The molecular weight excluding hydrogens is 250 g/mol. The molecule has 20 heavy (non-hydrogen) atoms. The Balaban J connectivity index is 1.91. The summed E-state index contributed by atoms with van der Waals surface area (Å²) in [6.07, 6.45) is 4.40. The van der Waals surface area contributed by atoms with Gasteiger partial charge in [-0.2, -0.15) is 0 Å². The molecule has 0 radical (unpaired) electrons. The normalized spacial score (nSPS) is 17.9. The van der Waals surface area contributed by atoms with Gasteiger partial charge in [0.05, 0.1) is 0 Å². The Kier molecular flexibility index (Phi) is 4.65. The van der Waals surface area contributed by atoms with E-state index in [0.29, 0.717) is 6.04 Å². The van der Waals surface area contributed by atoms with Crippen LogP contribution < -0.4 is 16.0 Å². The molecule has 4 heteroatoms. The van der Waals surface area contributed by atoms with Crippen LogP contribution in [0.2, 0.25) is 0 Å². The molecule has 110 valence electrons. The van der Waals surface area contributed by atoms with Gasteiger partial charge in [-0.3, -0.25) is 0 Å². The molecule has 0 aromatic heterocycles. The highest BCUT2D eigenvalue weighted by atomic mass is 16.2. The molecule has 1 saturated carbocycles. The number of anilines is 1. The minimum absolute atomic E-state index is 0.0324. The van der Waals surface area contributed by atoms with Crippen molar-refractivity contribution in [3.63, 3.8) is 0 Å². The third-order valence-corrected chi connectivity index (χ3v) is 4.47. The molecule has 0 saturated heterocycles. The molecule has 1 fully saturated rings. The van der Waals surface area contributed by atoms with Gasteiger partial charge in [0.15, 0.2) is 0 Å². The number of hydrogen-bond donors (Lipinski definition) is 3. The van der Waals surface area contributed by atoms with Crippen molar-refractivity contribution < 1.29 is 4.79 Å². The summed E-state index contributed by atoms with van der Waals surface area (Å²) in [5.74, 6) is 0. The fourth-order valence-corrected chi connectivity index (χ4v) is 2.60. The van der Waals surface area contributed by atoms with Gasteiger partial charge in [-0.05, 0) is 57.4 Å². The third-order valence-electron chi connectivity index (χ3n) is 4.47. The number of carbonyl (C=O) groups is 1. The monoisotopic (exact) mass is 275 g/mol. The zero-order valence-corrected chi connectivity index (χ0v) is 12.6. The Labute approximate surface area is 121 Å². The molecule has 0 spiro atoms. The molecule has 1 aliphatic rings. The third kappa shape index (κ3) is 3.31. The van der Waals surface area contributed by atoms with Gasteiger partial charge >= 0.3 is 6.03 Å². The minimum Gasteiger partial charge on any atom is -0.332 e. The topological polar surface area (TPSA) is 53.2 Å². The van der Waals surface area contributed by atoms with Crippen LogP contribution in [0.1, 0.15) is 51.1 Å². The average molecular weight is 275 g/mol. The number of amides is 2. The van der Waals surface area contributed by atoms with E-state index in [2.05, 4.69) is 29.8 Å². The fourth-order valence-electron chi connectivity index (χ4n) is 2.60. The van der Waals surface area contributed by atoms with E-state index in [4.69, 9.17) is 0 Å². The van der Waals surface area contributed by atoms with E-state index in [1.54, 1.807) is 0 Å². The van der Waals surface area contributed by atoms with Crippen LogP contribution in [0.25, 0.3) is 0 Å². The quantitative estimate of drug-likeness (QED) is 0.771. The Morgan fingerprint density at radius 1 is 1.30 bits per heavy atom. The van der Waals surface area contributed by atoms with Crippen molar-refractivity contribution in [2.75, 3.05) is 12.4 Å². The largest absolute Gasteiger partial charge is 0.332 e. The number of nitrogens with one attached hydrogen (secondary N) is 3. The van der Waals surface area contributed by atoms with Gasteiger partial charge in [0.2, 0.25) is 0 Å². The first kappa shape index (κ1) is 14.9.